The number of urea groups is 1. The van der Waals surface area contributed by atoms with Crippen molar-refractivity contribution in [2.24, 2.45) is 0 Å². The fourth-order valence-corrected chi connectivity index (χ4v) is 4.28. The SMILES string of the molecule is CN(C)CCN1C(=O)[C@@H]2CS[C@@H](c3ccc([N+](=O)[O-])cc3)N2C1=O. The highest BCUT2D eigenvalue weighted by Gasteiger charge is 2.52. The molecular weight excluding hydrogens is 332 g/mol. The Morgan fingerprint density at radius 1 is 1.29 bits per heavy atom. The van der Waals surface area contributed by atoms with Crippen LogP contribution in [-0.2, 0) is 4.79 Å². The molecule has 3 amide bonds. The zero-order valence-electron chi connectivity index (χ0n) is 13.4. The average Bonchev–Trinajstić information content (AvgIpc) is 3.07. The standard InChI is InChI=1S/C15H18N4O4S/c1-16(2)7-8-17-13(20)12-9-24-14(18(12)15(17)21)10-3-5-11(6-4-10)19(22)23/h3-6,12,14H,7-9H2,1-2H3/t12-,14-/m0/s1. The first kappa shape index (κ1) is 16.7. The maximum absolute atomic E-state index is 12.7. The number of amides is 3. The van der Waals surface area contributed by atoms with E-state index in [0.717, 1.165) is 5.56 Å². The van der Waals surface area contributed by atoms with Gasteiger partial charge in [-0.1, -0.05) is 0 Å². The molecule has 2 fully saturated rings. The predicted octanol–water partition coefficient (Wildman–Crippen LogP) is 1.53. The molecule has 0 N–H and O–H groups in total. The Labute approximate surface area is 143 Å². The largest absolute Gasteiger partial charge is 0.328 e. The third kappa shape index (κ3) is 2.84. The Balaban J connectivity index is 1.79. The quantitative estimate of drug-likeness (QED) is 0.455. The Morgan fingerprint density at radius 2 is 1.96 bits per heavy atom. The third-order valence-corrected chi connectivity index (χ3v) is 5.49. The Hall–Kier alpha value is -2.13. The van der Waals surface area contributed by atoms with E-state index in [1.165, 1.54) is 28.8 Å². The molecule has 0 bridgehead atoms. The topological polar surface area (TPSA) is 87.0 Å². The highest BCUT2D eigenvalue weighted by atomic mass is 32.2. The fourth-order valence-electron chi connectivity index (χ4n) is 2.87. The van der Waals surface area contributed by atoms with Gasteiger partial charge >= 0.3 is 6.03 Å². The maximum Gasteiger partial charge on any atom is 0.328 e. The Kier molecular flexibility index (Phi) is 4.46. The second kappa shape index (κ2) is 6.40. The minimum absolute atomic E-state index is 0.00901. The van der Waals surface area contributed by atoms with E-state index < -0.39 is 11.0 Å². The molecular formula is C15H18N4O4S. The maximum atomic E-state index is 12.7. The normalized spacial score (nSPS) is 23.3. The lowest BCUT2D eigenvalue weighted by atomic mass is 10.2. The van der Waals surface area contributed by atoms with Crippen LogP contribution in [0.15, 0.2) is 24.3 Å². The van der Waals surface area contributed by atoms with Crippen LogP contribution in [0.1, 0.15) is 10.9 Å². The van der Waals surface area contributed by atoms with E-state index in [9.17, 15) is 19.7 Å². The van der Waals surface area contributed by atoms with E-state index in [1.807, 2.05) is 19.0 Å². The molecule has 2 aliphatic heterocycles. The van der Waals surface area contributed by atoms with Crippen molar-refractivity contribution in [1.82, 2.24) is 14.7 Å². The van der Waals surface area contributed by atoms with Crippen molar-refractivity contribution in [2.75, 3.05) is 32.9 Å². The molecule has 128 valence electrons. The smallest absolute Gasteiger partial charge is 0.308 e. The van der Waals surface area contributed by atoms with Gasteiger partial charge in [0.1, 0.15) is 11.4 Å². The monoisotopic (exact) mass is 350 g/mol. The van der Waals surface area contributed by atoms with Gasteiger partial charge in [-0.05, 0) is 31.8 Å². The highest BCUT2D eigenvalue weighted by molar-refractivity contribution is 7.99. The summed E-state index contributed by atoms with van der Waals surface area (Å²) < 4.78 is 0. The number of rotatable bonds is 5. The summed E-state index contributed by atoms with van der Waals surface area (Å²) in [5, 5.41) is 10.5. The van der Waals surface area contributed by atoms with Crippen LogP contribution in [-0.4, -0.2) is 70.5 Å². The number of carbonyl (C=O) groups excluding carboxylic acids is 2. The molecule has 2 atom stereocenters. The number of benzene rings is 1. The van der Waals surface area contributed by atoms with Crippen LogP contribution < -0.4 is 0 Å². The molecule has 2 aliphatic rings. The number of nitrogens with zero attached hydrogens (tertiary/aromatic N) is 4. The van der Waals surface area contributed by atoms with E-state index in [4.69, 9.17) is 0 Å². The number of likely N-dealkylation sites (N-methyl/N-ethyl adjacent to an activating group) is 1. The van der Waals surface area contributed by atoms with Gasteiger partial charge in [-0.25, -0.2) is 4.79 Å². The van der Waals surface area contributed by atoms with Crippen LogP contribution >= 0.6 is 11.8 Å². The van der Waals surface area contributed by atoms with Crippen LogP contribution in [0.3, 0.4) is 0 Å². The number of fused-ring (bicyclic) bond motifs is 1. The summed E-state index contributed by atoms with van der Waals surface area (Å²) in [6.07, 6.45) is 0. The summed E-state index contributed by atoms with van der Waals surface area (Å²) >= 11 is 1.51. The molecule has 0 spiro atoms. The van der Waals surface area contributed by atoms with E-state index in [2.05, 4.69) is 0 Å². The lowest BCUT2D eigenvalue weighted by Gasteiger charge is -2.23. The lowest BCUT2D eigenvalue weighted by molar-refractivity contribution is -0.384. The average molecular weight is 350 g/mol. The first-order chi connectivity index (χ1) is 11.4. The first-order valence-electron chi connectivity index (χ1n) is 7.54. The van der Waals surface area contributed by atoms with Gasteiger partial charge in [-0.15, -0.1) is 11.8 Å². The summed E-state index contributed by atoms with van der Waals surface area (Å²) in [5.74, 6) is 0.392. The van der Waals surface area contributed by atoms with Gasteiger partial charge in [-0.3, -0.25) is 24.7 Å². The van der Waals surface area contributed by atoms with Crippen molar-refractivity contribution >= 4 is 29.4 Å². The van der Waals surface area contributed by atoms with Crippen molar-refractivity contribution in [2.45, 2.75) is 11.4 Å². The third-order valence-electron chi connectivity index (χ3n) is 4.16. The number of nitro groups is 1. The van der Waals surface area contributed by atoms with Gasteiger partial charge in [0, 0.05) is 31.0 Å². The van der Waals surface area contributed by atoms with Crippen LogP contribution in [0.4, 0.5) is 10.5 Å². The van der Waals surface area contributed by atoms with E-state index >= 15 is 0 Å². The van der Waals surface area contributed by atoms with Gasteiger partial charge in [0.25, 0.3) is 11.6 Å². The Morgan fingerprint density at radius 3 is 2.54 bits per heavy atom. The minimum Gasteiger partial charge on any atom is -0.308 e. The second-order valence-corrected chi connectivity index (χ2v) is 7.15. The number of nitro benzene ring substituents is 1. The summed E-state index contributed by atoms with van der Waals surface area (Å²) in [5.41, 5.74) is 0.804. The second-order valence-electron chi connectivity index (χ2n) is 6.03. The molecule has 0 aliphatic carbocycles. The summed E-state index contributed by atoms with van der Waals surface area (Å²) in [6.45, 7) is 0.989. The lowest BCUT2D eigenvalue weighted by Crippen LogP contribution is -2.38. The van der Waals surface area contributed by atoms with Gasteiger partial charge in [-0.2, -0.15) is 0 Å². The van der Waals surface area contributed by atoms with Crippen LogP contribution in [0.25, 0.3) is 0 Å². The van der Waals surface area contributed by atoms with E-state index in [0.29, 0.717) is 18.8 Å². The summed E-state index contributed by atoms with van der Waals surface area (Å²) in [7, 11) is 3.78. The predicted molar refractivity (Wildman–Crippen MR) is 89.6 cm³/mol. The molecule has 0 unspecified atom stereocenters. The van der Waals surface area contributed by atoms with Gasteiger partial charge < -0.3 is 4.90 Å². The van der Waals surface area contributed by atoms with Gasteiger partial charge in [0.2, 0.25) is 0 Å². The van der Waals surface area contributed by atoms with Crippen LogP contribution in [0.5, 0.6) is 0 Å². The molecule has 3 rings (SSSR count). The fraction of sp³-hybridized carbons (Fsp3) is 0.467. The van der Waals surface area contributed by atoms with Crippen molar-refractivity contribution in [3.8, 4) is 0 Å². The van der Waals surface area contributed by atoms with Crippen LogP contribution in [0.2, 0.25) is 0 Å². The number of thioether (sulfide) groups is 1. The number of non-ortho nitro benzene ring substituents is 1. The number of hydrogen-bond donors (Lipinski definition) is 0. The minimum atomic E-state index is -0.456. The van der Waals surface area contributed by atoms with Gasteiger partial charge in [0.05, 0.1) is 4.92 Å². The molecule has 0 saturated carbocycles. The van der Waals surface area contributed by atoms with Gasteiger partial charge in [0.15, 0.2) is 0 Å². The van der Waals surface area contributed by atoms with Crippen molar-refractivity contribution in [1.29, 1.82) is 0 Å². The number of carbonyl (C=O) groups is 2. The molecule has 2 heterocycles. The number of hydrogen-bond acceptors (Lipinski definition) is 6. The van der Waals surface area contributed by atoms with Crippen molar-refractivity contribution < 1.29 is 14.5 Å². The van der Waals surface area contributed by atoms with Crippen molar-refractivity contribution in [3.05, 3.63) is 39.9 Å². The molecule has 8 nitrogen and oxygen atoms in total. The molecule has 2 saturated heterocycles. The number of imide groups is 1. The van der Waals surface area contributed by atoms with E-state index in [1.54, 1.807) is 17.0 Å². The Bertz CT molecular complexity index is 679. The first-order valence-corrected chi connectivity index (χ1v) is 8.59. The molecule has 1 aromatic carbocycles. The molecule has 0 aromatic heterocycles. The highest BCUT2D eigenvalue weighted by Crippen LogP contribution is 2.45. The summed E-state index contributed by atoms with van der Waals surface area (Å²) in [4.78, 5) is 40.3. The summed E-state index contributed by atoms with van der Waals surface area (Å²) in [6, 6.07) is 5.44. The molecule has 1 aromatic rings. The van der Waals surface area contributed by atoms with Crippen LogP contribution in [0, 0.1) is 10.1 Å². The molecule has 9 heteroatoms. The van der Waals surface area contributed by atoms with E-state index in [-0.39, 0.29) is 23.0 Å². The molecule has 24 heavy (non-hydrogen) atoms. The van der Waals surface area contributed by atoms with Crippen molar-refractivity contribution in [3.63, 3.8) is 0 Å². The zero-order valence-corrected chi connectivity index (χ0v) is 14.2. The zero-order chi connectivity index (χ0) is 17.4. The molecule has 0 radical (unpaired) electrons.